The summed E-state index contributed by atoms with van der Waals surface area (Å²) in [5, 5.41) is 6.95. The molecule has 2 aliphatic heterocycles. The first-order chi connectivity index (χ1) is 21.0. The molecule has 2 aromatic heterocycles. The van der Waals surface area contributed by atoms with Gasteiger partial charge in [0.15, 0.2) is 0 Å². The standard InChI is InChI=1S/C33H42N6O4/c1-38-13-15-39(16-14-38)31-11-10-25(21-34-31)30-18-28(27-4-2-3-5-29(27)37-30)32(40)35-19-23-6-8-24(9-7-23)20-36-33(41)43-22-26-12-17-42-26/h2-5,10-11,18,21,23-24,26H,6-9,12-17,19-20,22H2,1H3,(H,35,40)(H,36,41). The lowest BCUT2D eigenvalue weighted by Gasteiger charge is -2.33. The highest BCUT2D eigenvalue weighted by molar-refractivity contribution is 6.07. The Morgan fingerprint density at radius 2 is 1.67 bits per heavy atom. The first-order valence-electron chi connectivity index (χ1n) is 15.6. The van der Waals surface area contributed by atoms with E-state index < -0.39 is 0 Å². The maximum absolute atomic E-state index is 13.5. The predicted octanol–water partition coefficient (Wildman–Crippen LogP) is 4.10. The third-order valence-electron chi connectivity index (χ3n) is 9.08. The van der Waals surface area contributed by atoms with E-state index in [1.54, 1.807) is 0 Å². The van der Waals surface area contributed by atoms with Crippen molar-refractivity contribution in [2.24, 2.45) is 11.8 Å². The van der Waals surface area contributed by atoms with E-state index >= 15 is 0 Å². The first-order valence-corrected chi connectivity index (χ1v) is 15.6. The lowest BCUT2D eigenvalue weighted by Crippen LogP contribution is -2.44. The monoisotopic (exact) mass is 586 g/mol. The molecule has 43 heavy (non-hydrogen) atoms. The number of amides is 2. The van der Waals surface area contributed by atoms with Gasteiger partial charge in [-0.05, 0) is 68.8 Å². The second kappa shape index (κ2) is 13.7. The Labute approximate surface area is 253 Å². The molecule has 10 nitrogen and oxygen atoms in total. The van der Waals surface area contributed by atoms with Gasteiger partial charge >= 0.3 is 6.09 Å². The second-order valence-corrected chi connectivity index (χ2v) is 12.1. The molecule has 2 amide bonds. The highest BCUT2D eigenvalue weighted by Gasteiger charge is 2.24. The molecule has 1 aromatic carbocycles. The van der Waals surface area contributed by atoms with Crippen LogP contribution in [-0.2, 0) is 9.47 Å². The van der Waals surface area contributed by atoms with E-state index in [2.05, 4.69) is 39.6 Å². The van der Waals surface area contributed by atoms with Crippen LogP contribution >= 0.6 is 0 Å². The van der Waals surface area contributed by atoms with Crippen LogP contribution in [0.15, 0.2) is 48.7 Å². The van der Waals surface area contributed by atoms with Crippen LogP contribution in [0.5, 0.6) is 0 Å². The highest BCUT2D eigenvalue weighted by atomic mass is 16.6. The normalized spacial score (nSPS) is 22.5. The number of hydrogen-bond donors (Lipinski definition) is 2. The van der Waals surface area contributed by atoms with Crippen molar-refractivity contribution in [1.82, 2.24) is 25.5 Å². The minimum atomic E-state index is -0.365. The predicted molar refractivity (Wildman–Crippen MR) is 166 cm³/mol. The zero-order valence-corrected chi connectivity index (χ0v) is 25.0. The number of nitrogens with zero attached hydrogens (tertiary/aromatic N) is 4. The minimum Gasteiger partial charge on any atom is -0.447 e. The van der Waals surface area contributed by atoms with Crippen LogP contribution in [0.4, 0.5) is 10.6 Å². The number of aromatic nitrogens is 2. The summed E-state index contributed by atoms with van der Waals surface area (Å²) in [6.07, 6.45) is 6.59. The smallest absolute Gasteiger partial charge is 0.407 e. The third-order valence-corrected chi connectivity index (χ3v) is 9.08. The Bertz CT molecular complexity index is 1400. The molecule has 0 radical (unpaired) electrons. The van der Waals surface area contributed by atoms with Crippen molar-refractivity contribution in [3.05, 3.63) is 54.2 Å². The van der Waals surface area contributed by atoms with E-state index in [0.717, 1.165) is 92.9 Å². The Balaban J connectivity index is 1.03. The number of pyridine rings is 2. The van der Waals surface area contributed by atoms with Crippen LogP contribution in [0, 0.1) is 11.8 Å². The number of rotatable bonds is 9. The van der Waals surface area contributed by atoms with Crippen LogP contribution in [-0.4, -0.2) is 92.5 Å². The van der Waals surface area contributed by atoms with Crippen molar-refractivity contribution in [1.29, 1.82) is 0 Å². The molecule has 3 aromatic rings. The van der Waals surface area contributed by atoms with Crippen molar-refractivity contribution in [2.45, 2.75) is 38.2 Å². The maximum atomic E-state index is 13.5. The SMILES string of the molecule is CN1CCN(c2ccc(-c3cc(C(=O)NCC4CCC(CNC(=O)OCC5CCO5)CC4)c4ccccc4n3)cn2)CC1. The van der Waals surface area contributed by atoms with E-state index in [0.29, 0.717) is 37.1 Å². The molecule has 0 bridgehead atoms. The third kappa shape index (κ3) is 7.43. The van der Waals surface area contributed by atoms with E-state index in [-0.39, 0.29) is 18.1 Å². The van der Waals surface area contributed by atoms with Gasteiger partial charge in [-0.1, -0.05) is 18.2 Å². The molecule has 6 rings (SSSR count). The van der Waals surface area contributed by atoms with Gasteiger partial charge in [-0.2, -0.15) is 0 Å². The van der Waals surface area contributed by atoms with E-state index in [1.807, 2.05) is 36.5 Å². The number of ether oxygens (including phenoxy) is 2. The van der Waals surface area contributed by atoms with Crippen molar-refractivity contribution in [3.8, 4) is 11.3 Å². The van der Waals surface area contributed by atoms with Gasteiger partial charge in [0.2, 0.25) is 0 Å². The van der Waals surface area contributed by atoms with Gasteiger partial charge in [-0.3, -0.25) is 4.79 Å². The van der Waals surface area contributed by atoms with Crippen molar-refractivity contribution >= 4 is 28.7 Å². The van der Waals surface area contributed by atoms with E-state index in [4.69, 9.17) is 19.4 Å². The van der Waals surface area contributed by atoms with Crippen LogP contribution in [0.25, 0.3) is 22.2 Å². The summed E-state index contributed by atoms with van der Waals surface area (Å²) in [6, 6.07) is 13.8. The molecule has 1 aliphatic carbocycles. The van der Waals surface area contributed by atoms with Crippen molar-refractivity contribution < 1.29 is 19.1 Å². The van der Waals surface area contributed by atoms with Gasteiger partial charge in [0.05, 0.1) is 22.9 Å². The second-order valence-electron chi connectivity index (χ2n) is 12.1. The summed E-state index contributed by atoms with van der Waals surface area (Å²) >= 11 is 0. The number of fused-ring (bicyclic) bond motifs is 1. The van der Waals surface area contributed by atoms with Gasteiger partial charge in [-0.15, -0.1) is 0 Å². The molecule has 1 atom stereocenters. The van der Waals surface area contributed by atoms with Crippen LogP contribution in [0.3, 0.4) is 0 Å². The fourth-order valence-electron chi connectivity index (χ4n) is 6.11. The van der Waals surface area contributed by atoms with Crippen LogP contribution in [0.2, 0.25) is 0 Å². The molecular formula is C33H42N6O4. The molecule has 2 N–H and O–H groups in total. The van der Waals surface area contributed by atoms with Crippen LogP contribution in [0.1, 0.15) is 42.5 Å². The molecule has 1 saturated carbocycles. The minimum absolute atomic E-state index is 0.0592. The average Bonchev–Trinajstić information content (AvgIpc) is 3.02. The number of benzene rings is 1. The molecule has 3 aliphatic rings. The van der Waals surface area contributed by atoms with E-state index in [1.165, 1.54) is 0 Å². The zero-order chi connectivity index (χ0) is 29.6. The van der Waals surface area contributed by atoms with Gasteiger partial charge in [0.1, 0.15) is 12.4 Å². The molecule has 4 heterocycles. The number of hydrogen-bond acceptors (Lipinski definition) is 8. The number of alkyl carbamates (subject to hydrolysis) is 1. The summed E-state index contributed by atoms with van der Waals surface area (Å²) in [5.74, 6) is 1.74. The lowest BCUT2D eigenvalue weighted by molar-refractivity contribution is -0.0796. The largest absolute Gasteiger partial charge is 0.447 e. The Kier molecular flexibility index (Phi) is 9.33. The quantitative estimate of drug-likeness (QED) is 0.386. The number of piperazine rings is 1. The van der Waals surface area contributed by atoms with Gasteiger partial charge in [0, 0.05) is 69.4 Å². The highest BCUT2D eigenvalue weighted by Crippen LogP contribution is 2.29. The van der Waals surface area contributed by atoms with E-state index in [9.17, 15) is 9.59 Å². The number of carbonyl (C=O) groups excluding carboxylic acids is 2. The van der Waals surface area contributed by atoms with Gasteiger partial charge < -0.3 is 29.9 Å². The number of likely N-dealkylation sites (N-methyl/N-ethyl adjacent to an activating group) is 1. The zero-order valence-electron chi connectivity index (χ0n) is 25.0. The Morgan fingerprint density at radius 1 is 0.953 bits per heavy atom. The summed E-state index contributed by atoms with van der Waals surface area (Å²) < 4.78 is 10.5. The fourth-order valence-corrected chi connectivity index (χ4v) is 6.11. The summed E-state index contributed by atoms with van der Waals surface area (Å²) in [7, 11) is 2.15. The van der Waals surface area contributed by atoms with Gasteiger partial charge in [-0.25, -0.2) is 14.8 Å². The summed E-state index contributed by atoms with van der Waals surface area (Å²) in [4.78, 5) is 39.7. The molecule has 0 spiro atoms. The average molecular weight is 587 g/mol. The summed E-state index contributed by atoms with van der Waals surface area (Å²) in [6.45, 7) is 6.32. The number of nitrogens with one attached hydrogen (secondary N) is 2. The molecular weight excluding hydrogens is 544 g/mol. The molecule has 1 unspecified atom stereocenters. The fraction of sp³-hybridized carbons (Fsp3) is 0.515. The maximum Gasteiger partial charge on any atom is 0.407 e. The molecule has 2 saturated heterocycles. The lowest BCUT2D eigenvalue weighted by atomic mass is 9.82. The number of para-hydroxylation sites is 1. The van der Waals surface area contributed by atoms with Crippen molar-refractivity contribution in [2.75, 3.05) is 64.4 Å². The number of carbonyl (C=O) groups is 2. The topological polar surface area (TPSA) is 109 Å². The Hall–Kier alpha value is -3.76. The molecule has 3 fully saturated rings. The van der Waals surface area contributed by atoms with Crippen molar-refractivity contribution in [3.63, 3.8) is 0 Å². The first kappa shape index (κ1) is 29.3. The Morgan fingerprint density at radius 3 is 2.35 bits per heavy atom. The molecule has 228 valence electrons. The van der Waals surface area contributed by atoms with Gasteiger partial charge in [0.25, 0.3) is 5.91 Å². The van der Waals surface area contributed by atoms with Crippen LogP contribution < -0.4 is 15.5 Å². The summed E-state index contributed by atoms with van der Waals surface area (Å²) in [5.41, 5.74) is 3.06. The number of anilines is 1. The molecule has 10 heteroatoms.